The molecule has 0 radical (unpaired) electrons. The Kier molecular flexibility index (Phi) is 3.97. The molecule has 0 bridgehead atoms. The van der Waals surface area contributed by atoms with Gasteiger partial charge in [0.05, 0.1) is 11.5 Å². The smallest absolute Gasteiger partial charge is 0.360 e. The fraction of sp³-hybridized carbons (Fsp3) is 0.368. The normalized spacial score (nSPS) is 17.4. The second-order valence-electron chi connectivity index (χ2n) is 7.33. The zero-order chi connectivity index (χ0) is 20.2. The van der Waals surface area contributed by atoms with Crippen LogP contribution in [0.3, 0.4) is 0 Å². The molecule has 150 valence electrons. The molecule has 0 unspecified atom stereocenters. The Bertz CT molecular complexity index is 1060. The number of aromatic nitrogens is 3. The van der Waals surface area contributed by atoms with Crippen molar-refractivity contribution >= 4 is 5.91 Å². The van der Waals surface area contributed by atoms with E-state index in [1.54, 1.807) is 11.0 Å². The maximum atomic E-state index is 12.9. The van der Waals surface area contributed by atoms with Gasteiger partial charge < -0.3 is 13.9 Å². The second kappa shape index (κ2) is 6.43. The molecule has 29 heavy (non-hydrogen) atoms. The van der Waals surface area contributed by atoms with E-state index in [4.69, 9.17) is 9.05 Å². The van der Waals surface area contributed by atoms with Crippen molar-refractivity contribution in [2.75, 3.05) is 13.1 Å². The van der Waals surface area contributed by atoms with E-state index in [0.717, 1.165) is 30.7 Å². The minimum atomic E-state index is -4.45. The minimum Gasteiger partial charge on any atom is -0.360 e. The summed E-state index contributed by atoms with van der Waals surface area (Å²) in [6, 6.07) is 6.44. The number of amides is 1. The van der Waals surface area contributed by atoms with Crippen LogP contribution in [-0.4, -0.2) is 39.2 Å². The largest absolute Gasteiger partial charge is 0.416 e. The molecule has 3 heterocycles. The van der Waals surface area contributed by atoms with Crippen molar-refractivity contribution in [2.45, 2.75) is 30.9 Å². The predicted octanol–water partition coefficient (Wildman–Crippen LogP) is 3.86. The summed E-state index contributed by atoms with van der Waals surface area (Å²) in [5.41, 5.74) is -0.280. The van der Waals surface area contributed by atoms with E-state index in [9.17, 15) is 18.0 Å². The van der Waals surface area contributed by atoms with Gasteiger partial charge in [0.1, 0.15) is 5.76 Å². The van der Waals surface area contributed by atoms with Crippen LogP contribution in [0.2, 0.25) is 0 Å². The molecule has 1 aliphatic heterocycles. The Morgan fingerprint density at radius 2 is 1.86 bits per heavy atom. The van der Waals surface area contributed by atoms with Gasteiger partial charge in [-0.05, 0) is 25.0 Å². The first-order chi connectivity index (χ1) is 13.9. The number of hydrogen-bond donors (Lipinski definition) is 0. The molecule has 0 N–H and O–H groups in total. The van der Waals surface area contributed by atoms with Crippen molar-refractivity contribution in [3.63, 3.8) is 0 Å². The first kappa shape index (κ1) is 17.9. The van der Waals surface area contributed by atoms with E-state index in [2.05, 4.69) is 15.3 Å². The van der Waals surface area contributed by atoms with Gasteiger partial charge in [-0.2, -0.15) is 18.2 Å². The van der Waals surface area contributed by atoms with E-state index in [1.165, 1.54) is 12.1 Å². The number of benzene rings is 1. The number of alkyl halides is 3. The first-order valence-corrected chi connectivity index (χ1v) is 9.15. The van der Waals surface area contributed by atoms with Gasteiger partial charge in [-0.3, -0.25) is 4.79 Å². The van der Waals surface area contributed by atoms with E-state index < -0.39 is 11.7 Å². The molecule has 1 amide bonds. The molecule has 0 spiro atoms. The minimum absolute atomic E-state index is 0.0847. The number of rotatable bonds is 4. The highest BCUT2D eigenvalue weighted by Crippen LogP contribution is 2.40. The summed E-state index contributed by atoms with van der Waals surface area (Å²) in [4.78, 5) is 18.2. The van der Waals surface area contributed by atoms with Gasteiger partial charge in [0.25, 0.3) is 5.91 Å². The van der Waals surface area contributed by atoms with Crippen molar-refractivity contribution < 1.29 is 27.0 Å². The predicted molar refractivity (Wildman–Crippen MR) is 91.9 cm³/mol. The molecule has 10 heteroatoms. The number of hydrogen-bond acceptors (Lipinski definition) is 6. The van der Waals surface area contributed by atoms with Crippen molar-refractivity contribution in [2.24, 2.45) is 0 Å². The SMILES string of the molecule is O=C(c1cc(C2CC2)on1)N1CC(c2nc(-c3cccc(C(F)(F)F)c3)no2)C1. The zero-order valence-corrected chi connectivity index (χ0v) is 15.0. The summed E-state index contributed by atoms with van der Waals surface area (Å²) in [5.74, 6) is 1.10. The van der Waals surface area contributed by atoms with Crippen molar-refractivity contribution in [3.05, 3.63) is 53.2 Å². The number of carbonyl (C=O) groups excluding carboxylic acids is 1. The van der Waals surface area contributed by atoms with Crippen LogP contribution in [0.4, 0.5) is 13.2 Å². The molecule has 1 saturated heterocycles. The molecule has 5 rings (SSSR count). The molecule has 2 fully saturated rings. The van der Waals surface area contributed by atoms with Gasteiger partial charge in [0.2, 0.25) is 11.7 Å². The third kappa shape index (κ3) is 3.39. The fourth-order valence-corrected chi connectivity index (χ4v) is 3.27. The molecule has 1 aromatic carbocycles. The lowest BCUT2D eigenvalue weighted by molar-refractivity contribution is -0.137. The summed E-state index contributed by atoms with van der Waals surface area (Å²) < 4.78 is 49.0. The Labute approximate surface area is 162 Å². The standard InChI is InChI=1S/C19H15F3N4O3/c20-19(21,22)13-3-1-2-11(6-13)16-23-17(29-25-16)12-8-26(9-12)18(27)14-7-15(28-24-14)10-4-5-10/h1-3,6-7,10,12H,4-5,8-9H2. The van der Waals surface area contributed by atoms with E-state index >= 15 is 0 Å². The average Bonchev–Trinajstić information content (AvgIpc) is 3.19. The van der Waals surface area contributed by atoms with Crippen LogP contribution in [0, 0.1) is 0 Å². The quantitative estimate of drug-likeness (QED) is 0.657. The lowest BCUT2D eigenvalue weighted by Crippen LogP contribution is -2.48. The third-order valence-electron chi connectivity index (χ3n) is 5.14. The molecule has 7 nitrogen and oxygen atoms in total. The third-order valence-corrected chi connectivity index (χ3v) is 5.14. The van der Waals surface area contributed by atoms with Crippen molar-refractivity contribution in [1.82, 2.24) is 20.2 Å². The van der Waals surface area contributed by atoms with Gasteiger partial charge in [-0.1, -0.05) is 22.4 Å². The Hall–Kier alpha value is -3.17. The van der Waals surface area contributed by atoms with E-state index in [0.29, 0.717) is 24.9 Å². The fourth-order valence-electron chi connectivity index (χ4n) is 3.27. The summed E-state index contributed by atoms with van der Waals surface area (Å²) in [7, 11) is 0. The summed E-state index contributed by atoms with van der Waals surface area (Å²) in [6.45, 7) is 0.739. The highest BCUT2D eigenvalue weighted by Gasteiger charge is 2.38. The van der Waals surface area contributed by atoms with Crippen LogP contribution in [-0.2, 0) is 6.18 Å². The molecular weight excluding hydrogens is 389 g/mol. The maximum absolute atomic E-state index is 12.9. The van der Waals surface area contributed by atoms with Gasteiger partial charge in [0.15, 0.2) is 5.69 Å². The lowest BCUT2D eigenvalue weighted by atomic mass is 9.99. The van der Waals surface area contributed by atoms with Crippen molar-refractivity contribution in [3.8, 4) is 11.4 Å². The van der Waals surface area contributed by atoms with E-state index in [-0.39, 0.29) is 28.9 Å². The van der Waals surface area contributed by atoms with Crippen molar-refractivity contribution in [1.29, 1.82) is 0 Å². The van der Waals surface area contributed by atoms with Crippen LogP contribution in [0.25, 0.3) is 11.4 Å². The van der Waals surface area contributed by atoms with E-state index in [1.807, 2.05) is 0 Å². The molecular formula is C19H15F3N4O3. The van der Waals surface area contributed by atoms with Gasteiger partial charge in [0, 0.05) is 30.6 Å². The monoisotopic (exact) mass is 404 g/mol. The summed E-state index contributed by atoms with van der Waals surface area (Å²) in [5, 5.41) is 7.63. The Morgan fingerprint density at radius 1 is 1.07 bits per heavy atom. The zero-order valence-electron chi connectivity index (χ0n) is 15.0. The summed E-state index contributed by atoms with van der Waals surface area (Å²) >= 11 is 0. The van der Waals surface area contributed by atoms with Gasteiger partial charge >= 0.3 is 6.18 Å². The second-order valence-corrected chi connectivity index (χ2v) is 7.33. The number of carbonyl (C=O) groups is 1. The molecule has 2 aromatic heterocycles. The van der Waals surface area contributed by atoms with Crippen LogP contribution in [0.15, 0.2) is 39.4 Å². The maximum Gasteiger partial charge on any atom is 0.416 e. The average molecular weight is 404 g/mol. The van der Waals surface area contributed by atoms with Crippen LogP contribution in [0.5, 0.6) is 0 Å². The highest BCUT2D eigenvalue weighted by molar-refractivity contribution is 5.93. The molecule has 1 saturated carbocycles. The van der Waals surface area contributed by atoms with Crippen LogP contribution >= 0.6 is 0 Å². The number of nitrogens with zero attached hydrogens (tertiary/aromatic N) is 4. The molecule has 1 aliphatic carbocycles. The summed E-state index contributed by atoms with van der Waals surface area (Å²) in [6.07, 6.45) is -2.34. The highest BCUT2D eigenvalue weighted by atomic mass is 19.4. The Balaban J connectivity index is 1.25. The van der Waals surface area contributed by atoms with Crippen LogP contribution < -0.4 is 0 Å². The Morgan fingerprint density at radius 3 is 2.59 bits per heavy atom. The molecule has 3 aromatic rings. The lowest BCUT2D eigenvalue weighted by Gasteiger charge is -2.36. The van der Waals surface area contributed by atoms with Gasteiger partial charge in [-0.15, -0.1) is 0 Å². The molecule has 0 atom stereocenters. The first-order valence-electron chi connectivity index (χ1n) is 9.15. The molecule has 2 aliphatic rings. The number of halogens is 3. The topological polar surface area (TPSA) is 85.3 Å². The van der Waals surface area contributed by atoms with Gasteiger partial charge in [-0.25, -0.2) is 0 Å². The number of likely N-dealkylation sites (tertiary alicyclic amines) is 1. The van der Waals surface area contributed by atoms with Crippen LogP contribution in [0.1, 0.15) is 52.4 Å².